The van der Waals surface area contributed by atoms with Crippen LogP contribution in [-0.2, 0) is 19.3 Å². The van der Waals surface area contributed by atoms with Crippen molar-refractivity contribution in [1.82, 2.24) is 9.78 Å². The Morgan fingerprint density at radius 3 is 2.47 bits per heavy atom. The standard InChI is InChI=1S/C27H23BrF3N3O2/c1-17-25(18(2)34(33-17)15-19-6-4-9-22(13-19)27(29,30)31)32-26(35)21-8-3-7-20(12-21)16-36-24-11-5-10-23(28)14-24/h3-14H,15-16H2,1-2H3,(H,32,35). The monoisotopic (exact) mass is 557 g/mol. The molecule has 0 aliphatic rings. The van der Waals surface area contributed by atoms with Gasteiger partial charge in [0.25, 0.3) is 5.91 Å². The minimum atomic E-state index is -4.41. The topological polar surface area (TPSA) is 56.2 Å². The lowest BCUT2D eigenvalue weighted by Crippen LogP contribution is -2.14. The van der Waals surface area contributed by atoms with Crippen LogP contribution in [0.1, 0.15) is 38.4 Å². The molecule has 0 radical (unpaired) electrons. The summed E-state index contributed by atoms with van der Waals surface area (Å²) >= 11 is 3.41. The van der Waals surface area contributed by atoms with Gasteiger partial charge in [-0.1, -0.05) is 46.3 Å². The summed E-state index contributed by atoms with van der Waals surface area (Å²) in [5.74, 6) is 0.391. The fraction of sp³-hybridized carbons (Fsp3) is 0.185. The van der Waals surface area contributed by atoms with E-state index in [-0.39, 0.29) is 12.5 Å². The number of halogens is 4. The first-order chi connectivity index (χ1) is 17.1. The predicted octanol–water partition coefficient (Wildman–Crippen LogP) is 7.16. The van der Waals surface area contributed by atoms with E-state index in [4.69, 9.17) is 4.74 Å². The summed E-state index contributed by atoms with van der Waals surface area (Å²) in [6.07, 6.45) is -4.41. The third-order valence-electron chi connectivity index (χ3n) is 5.60. The van der Waals surface area contributed by atoms with E-state index in [0.29, 0.717) is 40.6 Å². The molecule has 1 heterocycles. The quantitative estimate of drug-likeness (QED) is 0.262. The van der Waals surface area contributed by atoms with E-state index in [0.717, 1.165) is 22.2 Å². The Balaban J connectivity index is 1.46. The fourth-order valence-electron chi connectivity index (χ4n) is 3.76. The number of carbonyl (C=O) groups excluding carboxylic acids is 1. The van der Waals surface area contributed by atoms with Crippen molar-refractivity contribution >= 4 is 27.5 Å². The van der Waals surface area contributed by atoms with Crippen molar-refractivity contribution < 1.29 is 22.7 Å². The number of hydrogen-bond acceptors (Lipinski definition) is 3. The first-order valence-corrected chi connectivity index (χ1v) is 11.9. The summed E-state index contributed by atoms with van der Waals surface area (Å²) < 4.78 is 47.5. The first kappa shape index (κ1) is 25.5. The van der Waals surface area contributed by atoms with Gasteiger partial charge in [0.2, 0.25) is 0 Å². The van der Waals surface area contributed by atoms with Gasteiger partial charge >= 0.3 is 6.18 Å². The van der Waals surface area contributed by atoms with Crippen molar-refractivity contribution in [2.24, 2.45) is 0 Å². The Hall–Kier alpha value is -3.59. The molecule has 36 heavy (non-hydrogen) atoms. The van der Waals surface area contributed by atoms with Crippen LogP contribution in [0.15, 0.2) is 77.3 Å². The first-order valence-electron chi connectivity index (χ1n) is 11.1. The normalized spacial score (nSPS) is 11.4. The van der Waals surface area contributed by atoms with E-state index in [1.165, 1.54) is 6.07 Å². The molecular weight excluding hydrogens is 535 g/mol. The maximum absolute atomic E-state index is 13.1. The lowest BCUT2D eigenvalue weighted by Gasteiger charge is -2.11. The zero-order valence-corrected chi connectivity index (χ0v) is 21.2. The number of nitrogens with one attached hydrogen (secondary N) is 1. The van der Waals surface area contributed by atoms with Gasteiger partial charge < -0.3 is 10.1 Å². The molecule has 1 N–H and O–H groups in total. The molecule has 0 saturated heterocycles. The number of hydrogen-bond donors (Lipinski definition) is 1. The molecule has 0 unspecified atom stereocenters. The van der Waals surface area contributed by atoms with Crippen LogP contribution in [0.3, 0.4) is 0 Å². The van der Waals surface area contributed by atoms with Crippen LogP contribution in [0.5, 0.6) is 5.75 Å². The van der Waals surface area contributed by atoms with E-state index in [1.807, 2.05) is 30.3 Å². The van der Waals surface area contributed by atoms with Crippen LogP contribution in [0.25, 0.3) is 0 Å². The third-order valence-corrected chi connectivity index (χ3v) is 6.09. The summed E-state index contributed by atoms with van der Waals surface area (Å²) in [5.41, 5.74) is 2.79. The average Bonchev–Trinajstić information content (AvgIpc) is 3.10. The maximum Gasteiger partial charge on any atom is 0.416 e. The van der Waals surface area contributed by atoms with Gasteiger partial charge in [-0.25, -0.2) is 0 Å². The Bertz CT molecular complexity index is 1400. The average molecular weight is 558 g/mol. The van der Waals surface area contributed by atoms with Gasteiger partial charge in [0.1, 0.15) is 12.4 Å². The van der Waals surface area contributed by atoms with Crippen LogP contribution in [0.4, 0.5) is 18.9 Å². The Morgan fingerprint density at radius 2 is 1.72 bits per heavy atom. The van der Waals surface area contributed by atoms with Gasteiger partial charge in [-0.15, -0.1) is 0 Å². The van der Waals surface area contributed by atoms with Crippen LogP contribution in [0.2, 0.25) is 0 Å². The van der Waals surface area contributed by atoms with Crippen LogP contribution in [0, 0.1) is 13.8 Å². The summed E-state index contributed by atoms with van der Waals surface area (Å²) in [6, 6.07) is 19.7. The number of nitrogens with zero attached hydrogens (tertiary/aromatic N) is 2. The van der Waals surface area contributed by atoms with Crippen molar-refractivity contribution in [2.45, 2.75) is 33.2 Å². The van der Waals surface area contributed by atoms with E-state index >= 15 is 0 Å². The minimum absolute atomic E-state index is 0.148. The van der Waals surface area contributed by atoms with Crippen molar-refractivity contribution in [1.29, 1.82) is 0 Å². The van der Waals surface area contributed by atoms with Crippen molar-refractivity contribution in [3.8, 4) is 5.75 Å². The molecule has 0 atom stereocenters. The second-order valence-electron chi connectivity index (χ2n) is 8.30. The molecule has 186 valence electrons. The molecule has 3 aromatic carbocycles. The Labute approximate surface area is 215 Å². The molecule has 0 bridgehead atoms. The van der Waals surface area contributed by atoms with Gasteiger partial charge in [-0.2, -0.15) is 18.3 Å². The molecule has 0 spiro atoms. The predicted molar refractivity (Wildman–Crippen MR) is 135 cm³/mol. The third kappa shape index (κ3) is 6.15. The molecular formula is C27H23BrF3N3O2. The lowest BCUT2D eigenvalue weighted by atomic mass is 10.1. The smallest absolute Gasteiger partial charge is 0.416 e. The van der Waals surface area contributed by atoms with Crippen LogP contribution < -0.4 is 10.1 Å². The van der Waals surface area contributed by atoms with E-state index < -0.39 is 11.7 Å². The number of alkyl halides is 3. The zero-order valence-electron chi connectivity index (χ0n) is 19.6. The highest BCUT2D eigenvalue weighted by Gasteiger charge is 2.30. The number of ether oxygens (including phenoxy) is 1. The van der Waals surface area contributed by atoms with Gasteiger partial charge in [-0.05, 0) is 67.4 Å². The molecule has 0 aliphatic carbocycles. The second kappa shape index (κ2) is 10.6. The van der Waals surface area contributed by atoms with E-state index in [2.05, 4.69) is 26.3 Å². The fourth-order valence-corrected chi connectivity index (χ4v) is 4.14. The van der Waals surface area contributed by atoms with E-state index in [9.17, 15) is 18.0 Å². The number of aromatic nitrogens is 2. The highest BCUT2D eigenvalue weighted by Crippen LogP contribution is 2.30. The molecule has 0 saturated carbocycles. The Morgan fingerprint density at radius 1 is 1.00 bits per heavy atom. The molecule has 4 aromatic rings. The molecule has 9 heteroatoms. The summed E-state index contributed by atoms with van der Waals surface area (Å²) in [4.78, 5) is 13.0. The van der Waals surface area contributed by atoms with Crippen molar-refractivity contribution in [3.05, 3.63) is 111 Å². The SMILES string of the molecule is Cc1nn(Cc2cccc(C(F)(F)F)c2)c(C)c1NC(=O)c1cccc(COc2cccc(Br)c2)c1. The molecule has 1 amide bonds. The maximum atomic E-state index is 13.1. The number of aryl methyl sites for hydroxylation is 1. The van der Waals surface area contributed by atoms with Gasteiger partial charge in [0.15, 0.2) is 0 Å². The van der Waals surface area contributed by atoms with Gasteiger partial charge in [0, 0.05) is 10.0 Å². The minimum Gasteiger partial charge on any atom is -0.489 e. The summed E-state index contributed by atoms with van der Waals surface area (Å²) in [7, 11) is 0. The van der Waals surface area contributed by atoms with Gasteiger partial charge in [0.05, 0.1) is 29.2 Å². The number of anilines is 1. The molecule has 0 aliphatic heterocycles. The van der Waals surface area contributed by atoms with Crippen molar-refractivity contribution in [2.75, 3.05) is 5.32 Å². The Kier molecular flexibility index (Phi) is 7.49. The molecule has 0 fully saturated rings. The van der Waals surface area contributed by atoms with Crippen molar-refractivity contribution in [3.63, 3.8) is 0 Å². The highest BCUT2D eigenvalue weighted by molar-refractivity contribution is 9.10. The molecule has 5 nitrogen and oxygen atoms in total. The number of amides is 1. The van der Waals surface area contributed by atoms with Crippen LogP contribution in [-0.4, -0.2) is 15.7 Å². The summed E-state index contributed by atoms with van der Waals surface area (Å²) in [5, 5.41) is 7.32. The summed E-state index contributed by atoms with van der Waals surface area (Å²) in [6.45, 7) is 3.96. The van der Waals surface area contributed by atoms with Crippen LogP contribution >= 0.6 is 15.9 Å². The lowest BCUT2D eigenvalue weighted by molar-refractivity contribution is -0.137. The molecule has 1 aromatic heterocycles. The zero-order chi connectivity index (χ0) is 25.9. The largest absolute Gasteiger partial charge is 0.489 e. The highest BCUT2D eigenvalue weighted by atomic mass is 79.9. The second-order valence-corrected chi connectivity index (χ2v) is 9.22. The number of rotatable bonds is 7. The van der Waals surface area contributed by atoms with E-state index in [1.54, 1.807) is 42.8 Å². The number of carbonyl (C=O) groups is 1. The molecule has 4 rings (SSSR count). The van der Waals surface area contributed by atoms with Gasteiger partial charge in [-0.3, -0.25) is 9.48 Å². The number of benzene rings is 3.